The van der Waals surface area contributed by atoms with E-state index in [0.29, 0.717) is 24.1 Å². The highest BCUT2D eigenvalue weighted by atomic mass is 16.4. The number of anilines is 1. The molecule has 2 aromatic rings. The summed E-state index contributed by atoms with van der Waals surface area (Å²) >= 11 is 0. The van der Waals surface area contributed by atoms with Gasteiger partial charge in [-0.1, -0.05) is 19.1 Å². The number of carbonyl (C=O) groups is 2. The zero-order chi connectivity index (χ0) is 16.1. The van der Waals surface area contributed by atoms with Gasteiger partial charge in [-0.15, -0.1) is 0 Å². The summed E-state index contributed by atoms with van der Waals surface area (Å²) in [4.78, 5) is 22.9. The maximum atomic E-state index is 12.3. The molecule has 0 radical (unpaired) electrons. The number of carboxylic acids is 1. The minimum Gasteiger partial charge on any atom is -0.481 e. The molecule has 1 aromatic heterocycles. The molecular weight excluding hydrogens is 282 g/mol. The summed E-state index contributed by atoms with van der Waals surface area (Å²) < 4.78 is 1.62. The van der Waals surface area contributed by atoms with Gasteiger partial charge in [0, 0.05) is 25.4 Å². The maximum absolute atomic E-state index is 12.3. The molecule has 22 heavy (non-hydrogen) atoms. The highest BCUT2D eigenvalue weighted by Gasteiger charge is 2.14. The minimum absolute atomic E-state index is 0.0694. The number of hydrogen-bond acceptors (Lipinski definition) is 3. The topological polar surface area (TPSA) is 84.2 Å². The zero-order valence-electron chi connectivity index (χ0n) is 12.7. The molecule has 0 aliphatic carbocycles. The third-order valence-electron chi connectivity index (χ3n) is 3.30. The van der Waals surface area contributed by atoms with Crippen molar-refractivity contribution >= 4 is 17.6 Å². The second-order valence-corrected chi connectivity index (χ2v) is 5.06. The predicted molar refractivity (Wildman–Crippen MR) is 82.9 cm³/mol. The molecule has 0 atom stereocenters. The highest BCUT2D eigenvalue weighted by molar-refractivity contribution is 6.04. The van der Waals surface area contributed by atoms with Gasteiger partial charge in [0.15, 0.2) is 0 Å². The molecule has 2 N–H and O–H groups in total. The predicted octanol–water partition coefficient (Wildman–Crippen LogP) is 2.25. The number of benzene rings is 1. The van der Waals surface area contributed by atoms with Crippen LogP contribution in [-0.2, 0) is 24.7 Å². The molecule has 0 saturated heterocycles. The van der Waals surface area contributed by atoms with Gasteiger partial charge in [0.25, 0.3) is 5.91 Å². The second kappa shape index (κ2) is 6.89. The Kier molecular flexibility index (Phi) is 4.93. The monoisotopic (exact) mass is 301 g/mol. The molecule has 0 unspecified atom stereocenters. The van der Waals surface area contributed by atoms with E-state index in [0.717, 1.165) is 11.3 Å². The van der Waals surface area contributed by atoms with Gasteiger partial charge in [0.2, 0.25) is 0 Å². The van der Waals surface area contributed by atoms with E-state index in [2.05, 4.69) is 10.4 Å². The first-order chi connectivity index (χ1) is 10.5. The van der Waals surface area contributed by atoms with Gasteiger partial charge in [-0.05, 0) is 30.5 Å². The van der Waals surface area contributed by atoms with Crippen LogP contribution in [0.25, 0.3) is 0 Å². The molecule has 0 spiro atoms. The van der Waals surface area contributed by atoms with Crippen molar-refractivity contribution in [2.75, 3.05) is 5.32 Å². The van der Waals surface area contributed by atoms with Crippen molar-refractivity contribution in [3.8, 4) is 0 Å². The SMILES string of the molecule is CCc1nn(C)cc1C(=O)Nc1cccc(CCC(=O)O)c1. The van der Waals surface area contributed by atoms with Crippen molar-refractivity contribution in [2.45, 2.75) is 26.2 Å². The van der Waals surface area contributed by atoms with Crippen LogP contribution < -0.4 is 5.32 Å². The van der Waals surface area contributed by atoms with Crippen molar-refractivity contribution in [3.05, 3.63) is 47.3 Å². The lowest BCUT2D eigenvalue weighted by Gasteiger charge is -2.07. The first-order valence-electron chi connectivity index (χ1n) is 7.14. The molecule has 0 saturated carbocycles. The van der Waals surface area contributed by atoms with E-state index in [9.17, 15) is 9.59 Å². The Bertz CT molecular complexity index is 692. The number of hydrogen-bond donors (Lipinski definition) is 2. The van der Waals surface area contributed by atoms with Crippen molar-refractivity contribution in [1.82, 2.24) is 9.78 Å². The summed E-state index contributed by atoms with van der Waals surface area (Å²) in [7, 11) is 1.78. The van der Waals surface area contributed by atoms with E-state index in [4.69, 9.17) is 5.11 Å². The fraction of sp³-hybridized carbons (Fsp3) is 0.312. The summed E-state index contributed by atoms with van der Waals surface area (Å²) in [5.41, 5.74) is 2.84. The summed E-state index contributed by atoms with van der Waals surface area (Å²) in [6.45, 7) is 1.95. The van der Waals surface area contributed by atoms with Crippen LogP contribution in [-0.4, -0.2) is 26.8 Å². The Labute approximate surface area is 128 Å². The molecule has 6 nitrogen and oxygen atoms in total. The second-order valence-electron chi connectivity index (χ2n) is 5.06. The quantitative estimate of drug-likeness (QED) is 0.857. The molecule has 1 aromatic carbocycles. The number of carboxylic acid groups (broad SMARTS) is 1. The Hall–Kier alpha value is -2.63. The largest absolute Gasteiger partial charge is 0.481 e. The smallest absolute Gasteiger partial charge is 0.303 e. The van der Waals surface area contributed by atoms with Crippen LogP contribution in [0.3, 0.4) is 0 Å². The Balaban J connectivity index is 2.11. The lowest BCUT2D eigenvalue weighted by molar-refractivity contribution is -0.136. The van der Waals surface area contributed by atoms with Crippen LogP contribution in [0.2, 0.25) is 0 Å². The first-order valence-corrected chi connectivity index (χ1v) is 7.14. The standard InChI is InChI=1S/C16H19N3O3/c1-3-14-13(10-19(2)18-14)16(22)17-12-6-4-5-11(9-12)7-8-15(20)21/h4-6,9-10H,3,7-8H2,1-2H3,(H,17,22)(H,20,21). The molecule has 0 aliphatic rings. The molecule has 0 aliphatic heterocycles. The number of amides is 1. The maximum Gasteiger partial charge on any atom is 0.303 e. The van der Waals surface area contributed by atoms with Crippen molar-refractivity contribution in [1.29, 1.82) is 0 Å². The fourth-order valence-corrected chi connectivity index (χ4v) is 2.24. The average molecular weight is 301 g/mol. The first kappa shape index (κ1) is 15.8. The number of carbonyl (C=O) groups excluding carboxylic acids is 1. The van der Waals surface area contributed by atoms with Gasteiger partial charge < -0.3 is 10.4 Å². The lowest BCUT2D eigenvalue weighted by atomic mass is 10.1. The number of nitrogens with zero attached hydrogens (tertiary/aromatic N) is 2. The highest BCUT2D eigenvalue weighted by Crippen LogP contribution is 2.15. The molecule has 6 heteroatoms. The van der Waals surface area contributed by atoms with Crippen LogP contribution in [0.15, 0.2) is 30.5 Å². The Morgan fingerprint density at radius 3 is 2.82 bits per heavy atom. The van der Waals surface area contributed by atoms with E-state index in [-0.39, 0.29) is 12.3 Å². The van der Waals surface area contributed by atoms with E-state index in [1.54, 1.807) is 36.1 Å². The van der Waals surface area contributed by atoms with Crippen LogP contribution in [0.1, 0.15) is 35.0 Å². The molecule has 116 valence electrons. The van der Waals surface area contributed by atoms with Crippen molar-refractivity contribution in [3.63, 3.8) is 0 Å². The number of aryl methyl sites for hydroxylation is 3. The molecular formula is C16H19N3O3. The molecule has 0 bridgehead atoms. The third-order valence-corrected chi connectivity index (χ3v) is 3.30. The zero-order valence-corrected chi connectivity index (χ0v) is 12.7. The number of nitrogens with one attached hydrogen (secondary N) is 1. The van der Waals surface area contributed by atoms with E-state index in [1.165, 1.54) is 0 Å². The molecule has 1 amide bonds. The summed E-state index contributed by atoms with van der Waals surface area (Å²) in [5.74, 6) is -1.04. The van der Waals surface area contributed by atoms with Crippen LogP contribution in [0, 0.1) is 0 Å². The number of aliphatic carboxylic acids is 1. The van der Waals surface area contributed by atoms with Crippen LogP contribution in [0.5, 0.6) is 0 Å². The Morgan fingerprint density at radius 2 is 2.14 bits per heavy atom. The van der Waals surface area contributed by atoms with Crippen molar-refractivity contribution in [2.24, 2.45) is 7.05 Å². The number of rotatable bonds is 6. The molecule has 0 fully saturated rings. The summed E-state index contributed by atoms with van der Waals surface area (Å²) in [6, 6.07) is 7.23. The van der Waals surface area contributed by atoms with Crippen LogP contribution in [0.4, 0.5) is 5.69 Å². The van der Waals surface area contributed by atoms with Gasteiger partial charge in [0.05, 0.1) is 11.3 Å². The molecule has 1 heterocycles. The van der Waals surface area contributed by atoms with E-state index < -0.39 is 5.97 Å². The molecule has 2 rings (SSSR count). The Morgan fingerprint density at radius 1 is 1.36 bits per heavy atom. The van der Waals surface area contributed by atoms with Crippen molar-refractivity contribution < 1.29 is 14.7 Å². The normalized spacial score (nSPS) is 10.5. The van der Waals surface area contributed by atoms with Gasteiger partial charge >= 0.3 is 5.97 Å². The average Bonchev–Trinajstić information content (AvgIpc) is 2.87. The fourth-order valence-electron chi connectivity index (χ4n) is 2.24. The van der Waals surface area contributed by atoms with Gasteiger partial charge in [-0.2, -0.15) is 5.10 Å². The van der Waals surface area contributed by atoms with E-state index >= 15 is 0 Å². The van der Waals surface area contributed by atoms with Gasteiger partial charge in [-0.3, -0.25) is 14.3 Å². The number of aromatic nitrogens is 2. The third kappa shape index (κ3) is 3.94. The summed E-state index contributed by atoms with van der Waals surface area (Å²) in [6.07, 6.45) is 2.89. The van der Waals surface area contributed by atoms with Crippen LogP contribution >= 0.6 is 0 Å². The van der Waals surface area contributed by atoms with Gasteiger partial charge in [-0.25, -0.2) is 0 Å². The van der Waals surface area contributed by atoms with E-state index in [1.807, 2.05) is 13.0 Å². The van der Waals surface area contributed by atoms with Gasteiger partial charge in [0.1, 0.15) is 0 Å². The lowest BCUT2D eigenvalue weighted by Crippen LogP contribution is -2.13. The summed E-state index contributed by atoms with van der Waals surface area (Å²) in [5, 5.41) is 15.8. The minimum atomic E-state index is -0.836.